The maximum absolute atomic E-state index is 12.9. The number of aromatic nitrogens is 2. The standard InChI is InChI=1S/C20H21N3O4S.C2HF3O2/c1-15-4-6-16(7-5-15)14-28(24,25)23-10-8-20-18(12-23)19(22-27-20)13-26-17-3-2-9-21-11-17;3-2(4,5)1(6)7/h2-7,9,11H,8,10,12-14H2,1H3;(H,6,7). The van der Waals surface area contributed by atoms with Crippen LogP contribution < -0.4 is 4.74 Å². The average Bonchev–Trinajstić information content (AvgIpc) is 3.22. The van der Waals surface area contributed by atoms with E-state index in [9.17, 15) is 21.6 Å². The predicted molar refractivity (Wildman–Crippen MR) is 117 cm³/mol. The summed E-state index contributed by atoms with van der Waals surface area (Å²) in [5.74, 6) is -1.42. The van der Waals surface area contributed by atoms with Crippen molar-refractivity contribution >= 4 is 16.0 Å². The number of hydrogen-bond donors (Lipinski definition) is 1. The molecule has 1 aliphatic heterocycles. The largest absolute Gasteiger partial charge is 0.490 e. The van der Waals surface area contributed by atoms with Gasteiger partial charge < -0.3 is 14.4 Å². The summed E-state index contributed by atoms with van der Waals surface area (Å²) in [6, 6.07) is 11.1. The second-order valence-electron chi connectivity index (χ2n) is 7.64. The summed E-state index contributed by atoms with van der Waals surface area (Å²) in [5.41, 5.74) is 3.30. The van der Waals surface area contributed by atoms with Crippen molar-refractivity contribution in [2.75, 3.05) is 6.54 Å². The highest BCUT2D eigenvalue weighted by atomic mass is 32.2. The molecule has 4 rings (SSSR count). The molecule has 0 fully saturated rings. The van der Waals surface area contributed by atoms with Gasteiger partial charge in [-0.1, -0.05) is 35.0 Å². The minimum atomic E-state index is -5.08. The highest BCUT2D eigenvalue weighted by Crippen LogP contribution is 2.26. The molecule has 1 aliphatic rings. The minimum absolute atomic E-state index is 0.0184. The van der Waals surface area contributed by atoms with Gasteiger partial charge in [-0.2, -0.15) is 17.5 Å². The summed E-state index contributed by atoms with van der Waals surface area (Å²) in [4.78, 5) is 12.9. The van der Waals surface area contributed by atoms with Gasteiger partial charge in [-0.25, -0.2) is 13.2 Å². The Bertz CT molecular complexity index is 1250. The Morgan fingerprint density at radius 3 is 2.51 bits per heavy atom. The van der Waals surface area contributed by atoms with Crippen molar-refractivity contribution in [3.8, 4) is 5.75 Å². The van der Waals surface area contributed by atoms with Crippen molar-refractivity contribution in [1.29, 1.82) is 0 Å². The summed E-state index contributed by atoms with van der Waals surface area (Å²) in [7, 11) is -3.44. The van der Waals surface area contributed by atoms with E-state index < -0.39 is 22.2 Å². The summed E-state index contributed by atoms with van der Waals surface area (Å²) in [5, 5.41) is 11.2. The average molecular weight is 513 g/mol. The van der Waals surface area contributed by atoms with Crippen LogP contribution in [0.2, 0.25) is 0 Å². The molecule has 0 amide bonds. The predicted octanol–water partition coefficient (Wildman–Crippen LogP) is 3.48. The number of sulfonamides is 1. The number of aryl methyl sites for hydroxylation is 1. The Labute approximate surface area is 199 Å². The third-order valence-corrected chi connectivity index (χ3v) is 6.79. The first-order chi connectivity index (χ1) is 16.5. The second kappa shape index (κ2) is 10.9. The van der Waals surface area contributed by atoms with E-state index in [1.54, 1.807) is 24.5 Å². The zero-order chi connectivity index (χ0) is 25.6. The highest BCUT2D eigenvalue weighted by molar-refractivity contribution is 7.88. The molecule has 0 bridgehead atoms. The number of alkyl halides is 3. The summed E-state index contributed by atoms with van der Waals surface area (Å²) < 4.78 is 70.1. The normalized spacial score (nSPS) is 13.9. The third kappa shape index (κ3) is 7.26. The fourth-order valence-corrected chi connectivity index (χ4v) is 4.65. The Hall–Kier alpha value is -3.45. The lowest BCUT2D eigenvalue weighted by atomic mass is 10.1. The van der Waals surface area contributed by atoms with Crippen LogP contribution in [0.4, 0.5) is 13.2 Å². The minimum Gasteiger partial charge on any atom is -0.486 e. The van der Waals surface area contributed by atoms with Gasteiger partial charge >= 0.3 is 12.1 Å². The first-order valence-electron chi connectivity index (χ1n) is 10.3. The first kappa shape index (κ1) is 26.2. The number of carboxylic acid groups (broad SMARTS) is 1. The quantitative estimate of drug-likeness (QED) is 0.532. The molecule has 0 spiro atoms. The molecule has 3 heterocycles. The number of halogens is 3. The number of pyridine rings is 1. The molecule has 13 heteroatoms. The van der Waals surface area contributed by atoms with Crippen LogP contribution in [0.5, 0.6) is 5.75 Å². The van der Waals surface area contributed by atoms with Gasteiger partial charge in [0.25, 0.3) is 0 Å². The molecule has 0 atom stereocenters. The molecule has 3 aromatic rings. The van der Waals surface area contributed by atoms with Gasteiger partial charge in [0.05, 0.1) is 11.9 Å². The van der Waals surface area contributed by atoms with Crippen LogP contribution in [0.3, 0.4) is 0 Å². The number of hydrogen-bond acceptors (Lipinski definition) is 7. The lowest BCUT2D eigenvalue weighted by Crippen LogP contribution is -2.36. The van der Waals surface area contributed by atoms with Gasteiger partial charge in [-0.15, -0.1) is 0 Å². The molecule has 0 aliphatic carbocycles. The van der Waals surface area contributed by atoms with Crippen LogP contribution in [-0.2, 0) is 40.1 Å². The monoisotopic (exact) mass is 513 g/mol. The number of aliphatic carboxylic acids is 1. The molecular formula is C22H22F3N3O6S. The molecular weight excluding hydrogens is 491 g/mol. The number of ether oxygens (including phenoxy) is 1. The van der Waals surface area contributed by atoms with Gasteiger partial charge in [0.2, 0.25) is 10.0 Å². The molecule has 1 N–H and O–H groups in total. The second-order valence-corrected chi connectivity index (χ2v) is 9.61. The smallest absolute Gasteiger partial charge is 0.486 e. The Kier molecular flexibility index (Phi) is 8.12. The summed E-state index contributed by atoms with van der Waals surface area (Å²) >= 11 is 0. The molecule has 0 radical (unpaired) electrons. The zero-order valence-corrected chi connectivity index (χ0v) is 19.3. The van der Waals surface area contributed by atoms with E-state index in [2.05, 4.69) is 10.1 Å². The van der Waals surface area contributed by atoms with E-state index in [1.165, 1.54) is 4.31 Å². The van der Waals surface area contributed by atoms with Crippen LogP contribution in [-0.4, -0.2) is 46.7 Å². The number of carbonyl (C=O) groups is 1. The zero-order valence-electron chi connectivity index (χ0n) is 18.5. The van der Waals surface area contributed by atoms with Crippen LogP contribution >= 0.6 is 0 Å². The maximum atomic E-state index is 12.9. The Morgan fingerprint density at radius 2 is 1.91 bits per heavy atom. The lowest BCUT2D eigenvalue weighted by molar-refractivity contribution is -0.192. The van der Waals surface area contributed by atoms with Crippen molar-refractivity contribution in [3.05, 3.63) is 76.9 Å². The number of benzene rings is 1. The SMILES string of the molecule is Cc1ccc(CS(=O)(=O)N2CCc3onc(COc4cccnc4)c3C2)cc1.O=C(O)C(F)(F)F. The van der Waals surface area contributed by atoms with Gasteiger partial charge in [0, 0.05) is 31.3 Å². The molecule has 1 aromatic carbocycles. The number of carboxylic acids is 1. The van der Waals surface area contributed by atoms with E-state index in [4.69, 9.17) is 19.2 Å². The molecule has 9 nitrogen and oxygen atoms in total. The van der Waals surface area contributed by atoms with Crippen molar-refractivity contribution in [2.24, 2.45) is 0 Å². The molecule has 188 valence electrons. The molecule has 0 saturated carbocycles. The molecule has 0 unspecified atom stereocenters. The van der Waals surface area contributed by atoms with Crippen LogP contribution in [0.25, 0.3) is 0 Å². The van der Waals surface area contributed by atoms with Crippen molar-refractivity contribution in [1.82, 2.24) is 14.4 Å². The van der Waals surface area contributed by atoms with Crippen molar-refractivity contribution in [3.63, 3.8) is 0 Å². The fraction of sp³-hybridized carbons (Fsp3) is 0.318. The van der Waals surface area contributed by atoms with E-state index in [0.717, 1.165) is 22.5 Å². The van der Waals surface area contributed by atoms with Crippen LogP contribution in [0.15, 0.2) is 53.3 Å². The third-order valence-electron chi connectivity index (χ3n) is 4.99. The topological polar surface area (TPSA) is 123 Å². The van der Waals surface area contributed by atoms with Gasteiger partial charge in [0.1, 0.15) is 23.8 Å². The van der Waals surface area contributed by atoms with Crippen molar-refractivity contribution < 1.29 is 40.8 Å². The Balaban J connectivity index is 0.000000429. The molecule has 0 saturated heterocycles. The number of nitrogens with zero attached hydrogens (tertiary/aromatic N) is 3. The van der Waals surface area contributed by atoms with E-state index >= 15 is 0 Å². The van der Waals surface area contributed by atoms with E-state index in [1.807, 2.05) is 31.2 Å². The highest BCUT2D eigenvalue weighted by Gasteiger charge is 2.38. The van der Waals surface area contributed by atoms with Gasteiger partial charge in [0.15, 0.2) is 0 Å². The van der Waals surface area contributed by atoms with Crippen LogP contribution in [0, 0.1) is 6.92 Å². The van der Waals surface area contributed by atoms with Gasteiger partial charge in [-0.05, 0) is 24.6 Å². The molecule has 2 aromatic heterocycles. The number of fused-ring (bicyclic) bond motifs is 1. The van der Waals surface area contributed by atoms with Gasteiger partial charge in [-0.3, -0.25) is 4.98 Å². The maximum Gasteiger partial charge on any atom is 0.490 e. The van der Waals surface area contributed by atoms with E-state index in [-0.39, 0.29) is 18.9 Å². The van der Waals surface area contributed by atoms with Crippen molar-refractivity contribution in [2.45, 2.75) is 38.4 Å². The fourth-order valence-electron chi connectivity index (χ4n) is 3.16. The van der Waals surface area contributed by atoms with E-state index in [0.29, 0.717) is 24.4 Å². The Morgan fingerprint density at radius 1 is 1.23 bits per heavy atom. The molecule has 35 heavy (non-hydrogen) atoms. The number of rotatable bonds is 6. The summed E-state index contributed by atoms with van der Waals surface area (Å²) in [6.45, 7) is 2.82. The first-order valence-corrected chi connectivity index (χ1v) is 11.9. The lowest BCUT2D eigenvalue weighted by Gasteiger charge is -2.25. The summed E-state index contributed by atoms with van der Waals surface area (Å²) in [6.07, 6.45) is -1.30. The van der Waals surface area contributed by atoms with Crippen LogP contribution in [0.1, 0.15) is 28.1 Å².